The van der Waals surface area contributed by atoms with E-state index in [9.17, 15) is 24.3 Å². The number of carbonyl (C=O) groups excluding carboxylic acids is 4. The summed E-state index contributed by atoms with van der Waals surface area (Å²) in [6.07, 6.45) is 0.144. The molecule has 3 atom stereocenters. The fraction of sp³-hybridized carbons (Fsp3) is 0.308. The molecule has 4 rings (SSSR count). The van der Waals surface area contributed by atoms with E-state index in [1.165, 1.54) is 6.08 Å². The zero-order valence-electron chi connectivity index (χ0n) is 20.4. The van der Waals surface area contributed by atoms with Gasteiger partial charge in [0.05, 0.1) is 5.70 Å². The zero-order chi connectivity index (χ0) is 26.7. The van der Waals surface area contributed by atoms with Gasteiger partial charge in [-0.05, 0) is 54.7 Å². The van der Waals surface area contributed by atoms with Crippen molar-refractivity contribution in [3.05, 3.63) is 70.4 Å². The van der Waals surface area contributed by atoms with Crippen molar-refractivity contribution < 1.29 is 24.3 Å². The average Bonchev–Trinajstić information content (AvgIpc) is 3.12. The third-order valence-corrected chi connectivity index (χ3v) is 6.77. The molecule has 0 bridgehead atoms. The molecule has 1 saturated heterocycles. The summed E-state index contributed by atoms with van der Waals surface area (Å²) in [5, 5.41) is 22.2. The molecule has 0 spiro atoms. The maximum Gasteiger partial charge on any atom is 0.319 e. The quantitative estimate of drug-likeness (QED) is 0.352. The number of anilines is 2. The molecule has 0 saturated carbocycles. The second-order valence-electron chi connectivity index (χ2n) is 9.14. The molecule has 1 fully saturated rings. The normalized spacial score (nSPS) is 20.3. The van der Waals surface area contributed by atoms with Crippen LogP contribution in [-0.2, 0) is 14.4 Å². The lowest BCUT2D eigenvalue weighted by Crippen LogP contribution is -2.55. The Hall–Kier alpha value is -3.89. The Morgan fingerprint density at radius 1 is 1.19 bits per heavy atom. The topological polar surface area (TPSA) is 140 Å². The summed E-state index contributed by atoms with van der Waals surface area (Å²) in [7, 11) is 0. The van der Waals surface area contributed by atoms with Gasteiger partial charge in [0.25, 0.3) is 5.91 Å². The van der Waals surface area contributed by atoms with E-state index >= 15 is 0 Å². The Labute approximate surface area is 219 Å². The highest BCUT2D eigenvalue weighted by Gasteiger charge is 2.42. The fourth-order valence-corrected chi connectivity index (χ4v) is 4.40. The molecule has 5 amide bonds. The van der Waals surface area contributed by atoms with Gasteiger partial charge in [-0.25, -0.2) is 4.79 Å². The lowest BCUT2D eigenvalue weighted by atomic mass is 10.0. The van der Waals surface area contributed by atoms with E-state index in [1.54, 1.807) is 18.2 Å². The molecule has 0 radical (unpaired) electrons. The predicted molar refractivity (Wildman–Crippen MR) is 139 cm³/mol. The molecule has 2 aromatic rings. The molecule has 5 N–H and O–H groups in total. The van der Waals surface area contributed by atoms with Crippen LogP contribution < -0.4 is 21.3 Å². The van der Waals surface area contributed by atoms with Crippen LogP contribution in [0, 0.1) is 6.92 Å². The zero-order valence-corrected chi connectivity index (χ0v) is 21.1. The first-order valence-corrected chi connectivity index (χ1v) is 12.2. The second-order valence-corrected chi connectivity index (χ2v) is 9.54. The Morgan fingerprint density at radius 2 is 1.97 bits per heavy atom. The second kappa shape index (κ2) is 11.0. The van der Waals surface area contributed by atoms with Crippen LogP contribution in [0.5, 0.6) is 0 Å². The largest absolute Gasteiger partial charge is 0.368 e. The summed E-state index contributed by atoms with van der Waals surface area (Å²) in [6.45, 7) is 4.20. The number of imide groups is 1. The Balaban J connectivity index is 1.34. The maximum absolute atomic E-state index is 12.5. The maximum atomic E-state index is 12.5. The fourth-order valence-electron chi connectivity index (χ4n) is 4.22. The highest BCUT2D eigenvalue weighted by atomic mass is 35.5. The summed E-state index contributed by atoms with van der Waals surface area (Å²) in [6, 6.07) is 11.4. The van der Waals surface area contributed by atoms with Gasteiger partial charge in [-0.15, -0.1) is 0 Å². The van der Waals surface area contributed by atoms with Gasteiger partial charge < -0.3 is 21.1 Å². The van der Waals surface area contributed by atoms with E-state index in [0.29, 0.717) is 22.9 Å². The molecule has 194 valence electrons. The van der Waals surface area contributed by atoms with Crippen LogP contribution in [0.3, 0.4) is 0 Å². The third kappa shape index (κ3) is 6.10. The number of carbonyl (C=O) groups is 4. The first-order chi connectivity index (χ1) is 17.6. The van der Waals surface area contributed by atoms with Crippen molar-refractivity contribution in [3.8, 4) is 0 Å². The van der Waals surface area contributed by atoms with E-state index in [4.69, 9.17) is 11.6 Å². The number of hydrogen-bond acceptors (Lipinski definition) is 6. The van der Waals surface area contributed by atoms with Crippen LogP contribution in [0.15, 0.2) is 54.2 Å². The van der Waals surface area contributed by atoms with Crippen molar-refractivity contribution in [2.45, 2.75) is 44.9 Å². The predicted octanol–water partition coefficient (Wildman–Crippen LogP) is 2.84. The first kappa shape index (κ1) is 26.2. The van der Waals surface area contributed by atoms with Crippen molar-refractivity contribution in [2.75, 3.05) is 17.2 Å². The van der Waals surface area contributed by atoms with Gasteiger partial charge in [0, 0.05) is 35.4 Å². The number of nitrogens with one attached hydrogen (secondary N) is 4. The van der Waals surface area contributed by atoms with Crippen LogP contribution in [0.25, 0.3) is 0 Å². The molecule has 2 aliphatic heterocycles. The number of aliphatic hydroxyl groups excluding tert-OH is 1. The van der Waals surface area contributed by atoms with Gasteiger partial charge in [-0.1, -0.05) is 36.7 Å². The van der Waals surface area contributed by atoms with Crippen LogP contribution in [0.4, 0.5) is 16.2 Å². The monoisotopic (exact) mass is 525 g/mol. The van der Waals surface area contributed by atoms with Gasteiger partial charge >= 0.3 is 6.03 Å². The smallest absolute Gasteiger partial charge is 0.319 e. The molecule has 11 heteroatoms. The van der Waals surface area contributed by atoms with Crippen LogP contribution in [0.2, 0.25) is 5.02 Å². The molecule has 37 heavy (non-hydrogen) atoms. The minimum absolute atomic E-state index is 0.0433. The van der Waals surface area contributed by atoms with Crippen molar-refractivity contribution in [3.63, 3.8) is 0 Å². The minimum Gasteiger partial charge on any atom is -0.368 e. The number of halogens is 1. The highest BCUT2D eigenvalue weighted by molar-refractivity contribution is 6.31. The lowest BCUT2D eigenvalue weighted by molar-refractivity contribution is -0.148. The summed E-state index contributed by atoms with van der Waals surface area (Å²) in [4.78, 5) is 49.5. The van der Waals surface area contributed by atoms with Gasteiger partial charge in [0.1, 0.15) is 6.04 Å². The number of aryl methyl sites for hydroxylation is 1. The first-order valence-electron chi connectivity index (χ1n) is 11.9. The molecule has 2 heterocycles. The van der Waals surface area contributed by atoms with Crippen molar-refractivity contribution in [1.29, 1.82) is 0 Å². The summed E-state index contributed by atoms with van der Waals surface area (Å²) >= 11 is 6.11. The van der Waals surface area contributed by atoms with Gasteiger partial charge in [0.2, 0.25) is 11.8 Å². The number of benzene rings is 2. The number of piperidine rings is 1. The average molecular weight is 526 g/mol. The molecule has 0 aliphatic carbocycles. The minimum atomic E-state index is -1.35. The summed E-state index contributed by atoms with van der Waals surface area (Å²) in [5.74, 6) is -1.56. The Bertz CT molecular complexity index is 1280. The van der Waals surface area contributed by atoms with Crippen LogP contribution in [-0.4, -0.2) is 52.6 Å². The molecule has 2 aromatic carbocycles. The summed E-state index contributed by atoms with van der Waals surface area (Å²) in [5.41, 5.74) is 3.30. The number of nitrogens with zero attached hydrogens (tertiary/aromatic N) is 1. The molecule has 3 unspecified atom stereocenters. The lowest BCUT2D eigenvalue weighted by Gasteiger charge is -2.32. The van der Waals surface area contributed by atoms with Crippen molar-refractivity contribution >= 4 is 46.7 Å². The standard InChI is InChI=1S/C26H28ClN5O5/c1-14-6-7-18(11-19(14)27)30-26(37)28-13-15(2)16-4-3-5-17(10-16)29-20-12-23(34)32(25(20)36)21-8-9-22(33)31-24(21)35/h3-7,10-12,15,21,25,29,36H,8-9,13H2,1-2H3,(H2,28,30,37)(H,31,33,35). The Morgan fingerprint density at radius 3 is 2.70 bits per heavy atom. The Kier molecular flexibility index (Phi) is 7.80. The van der Waals surface area contributed by atoms with E-state index in [0.717, 1.165) is 16.0 Å². The van der Waals surface area contributed by atoms with Crippen molar-refractivity contribution in [1.82, 2.24) is 15.5 Å². The van der Waals surface area contributed by atoms with Crippen LogP contribution >= 0.6 is 11.6 Å². The number of urea groups is 1. The molecule has 0 aromatic heterocycles. The molecular formula is C26H28ClN5O5. The third-order valence-electron chi connectivity index (χ3n) is 6.36. The van der Waals surface area contributed by atoms with E-state index in [2.05, 4.69) is 21.3 Å². The number of hydrogen-bond donors (Lipinski definition) is 5. The number of rotatable bonds is 7. The molecular weight excluding hydrogens is 498 g/mol. The van der Waals surface area contributed by atoms with E-state index in [1.807, 2.05) is 38.1 Å². The molecule has 2 aliphatic rings. The van der Waals surface area contributed by atoms with Crippen molar-refractivity contribution in [2.24, 2.45) is 0 Å². The van der Waals surface area contributed by atoms with Gasteiger partial charge in [0.15, 0.2) is 6.23 Å². The van der Waals surface area contributed by atoms with E-state index < -0.39 is 30.0 Å². The highest BCUT2D eigenvalue weighted by Crippen LogP contribution is 2.27. The van der Waals surface area contributed by atoms with Crippen LogP contribution in [0.1, 0.15) is 36.8 Å². The summed E-state index contributed by atoms with van der Waals surface area (Å²) < 4.78 is 0. The van der Waals surface area contributed by atoms with Gasteiger partial charge in [-0.2, -0.15) is 0 Å². The van der Waals surface area contributed by atoms with E-state index in [-0.39, 0.29) is 30.5 Å². The van der Waals surface area contributed by atoms with Gasteiger partial charge in [-0.3, -0.25) is 24.6 Å². The molecule has 10 nitrogen and oxygen atoms in total. The SMILES string of the molecule is Cc1ccc(NC(=O)NCC(C)c2cccc(NC3=CC(=O)N(C4CCC(=O)NC4=O)C3O)c2)cc1Cl. The number of aliphatic hydroxyl groups is 1. The number of amides is 5.